The van der Waals surface area contributed by atoms with Gasteiger partial charge in [0.2, 0.25) is 0 Å². The van der Waals surface area contributed by atoms with Gasteiger partial charge in [-0.05, 0) is 12.0 Å². The zero-order valence-electron chi connectivity index (χ0n) is 11.5. The first-order chi connectivity index (χ1) is 8.88. The standard InChI is InChI=1S/C13H21ClFN3O/c1-8(2)7-18(4-5-19-3)13-10(17)6-9(16)11(14)12(13)15/h6,8H,4-5,7,16-17H2,1-3H3. The predicted molar refractivity (Wildman–Crippen MR) is 79.2 cm³/mol. The number of nitrogen functional groups attached to an aromatic ring is 2. The molecule has 0 bridgehead atoms. The minimum atomic E-state index is -0.573. The van der Waals surface area contributed by atoms with E-state index in [0.717, 1.165) is 0 Å². The van der Waals surface area contributed by atoms with Crippen LogP contribution in [0.3, 0.4) is 0 Å². The normalized spacial score (nSPS) is 11.1. The van der Waals surface area contributed by atoms with Crippen LogP contribution in [0.15, 0.2) is 6.07 Å². The molecule has 0 saturated carbocycles. The van der Waals surface area contributed by atoms with Crippen LogP contribution in [-0.4, -0.2) is 26.8 Å². The monoisotopic (exact) mass is 289 g/mol. The number of ether oxygens (including phenoxy) is 1. The molecule has 0 aromatic heterocycles. The van der Waals surface area contributed by atoms with E-state index in [0.29, 0.717) is 31.3 Å². The molecule has 4 N–H and O–H groups in total. The number of benzene rings is 1. The SMILES string of the molecule is COCCN(CC(C)C)c1c(N)cc(N)c(Cl)c1F. The van der Waals surface area contributed by atoms with Gasteiger partial charge < -0.3 is 21.1 Å². The lowest BCUT2D eigenvalue weighted by molar-refractivity contribution is 0.204. The van der Waals surface area contributed by atoms with Crippen LogP contribution in [0.5, 0.6) is 0 Å². The maximum atomic E-state index is 14.3. The molecular formula is C13H21ClFN3O. The molecule has 1 rings (SSSR count). The second-order valence-corrected chi connectivity index (χ2v) is 5.24. The van der Waals surface area contributed by atoms with Crippen molar-refractivity contribution in [1.29, 1.82) is 0 Å². The topological polar surface area (TPSA) is 64.5 Å². The number of anilines is 3. The van der Waals surface area contributed by atoms with Gasteiger partial charge in [-0.2, -0.15) is 0 Å². The van der Waals surface area contributed by atoms with Crippen molar-refractivity contribution in [2.24, 2.45) is 5.92 Å². The number of nitrogens with zero attached hydrogens (tertiary/aromatic N) is 1. The van der Waals surface area contributed by atoms with Gasteiger partial charge in [0.05, 0.1) is 23.7 Å². The van der Waals surface area contributed by atoms with Crippen LogP contribution in [0.1, 0.15) is 13.8 Å². The number of rotatable bonds is 6. The van der Waals surface area contributed by atoms with E-state index in [-0.39, 0.29) is 16.4 Å². The lowest BCUT2D eigenvalue weighted by atomic mass is 10.1. The van der Waals surface area contributed by atoms with E-state index in [1.807, 2.05) is 18.7 Å². The highest BCUT2D eigenvalue weighted by Crippen LogP contribution is 2.36. The van der Waals surface area contributed by atoms with Gasteiger partial charge in [-0.3, -0.25) is 0 Å². The Labute approximate surface area is 118 Å². The fraction of sp³-hybridized carbons (Fsp3) is 0.538. The first kappa shape index (κ1) is 15.9. The minimum Gasteiger partial charge on any atom is -0.397 e. The molecule has 1 aromatic rings. The molecule has 0 fully saturated rings. The fourth-order valence-electron chi connectivity index (χ4n) is 1.91. The Hall–Kier alpha value is -1.20. The summed E-state index contributed by atoms with van der Waals surface area (Å²) in [5.41, 5.74) is 12.2. The van der Waals surface area contributed by atoms with E-state index in [2.05, 4.69) is 0 Å². The molecule has 0 aliphatic heterocycles. The van der Waals surface area contributed by atoms with Gasteiger partial charge in [0.25, 0.3) is 0 Å². The highest BCUT2D eigenvalue weighted by atomic mass is 35.5. The molecule has 0 heterocycles. The average Bonchev–Trinajstić information content (AvgIpc) is 2.32. The summed E-state index contributed by atoms with van der Waals surface area (Å²) in [6, 6.07) is 1.49. The summed E-state index contributed by atoms with van der Waals surface area (Å²) >= 11 is 5.86. The van der Waals surface area contributed by atoms with Gasteiger partial charge in [0.15, 0.2) is 5.82 Å². The van der Waals surface area contributed by atoms with Crippen molar-refractivity contribution in [2.45, 2.75) is 13.8 Å². The highest BCUT2D eigenvalue weighted by Gasteiger charge is 2.20. The van der Waals surface area contributed by atoms with Gasteiger partial charge in [-0.15, -0.1) is 0 Å². The Morgan fingerprint density at radius 1 is 1.37 bits per heavy atom. The molecule has 19 heavy (non-hydrogen) atoms. The van der Waals surface area contributed by atoms with Crippen molar-refractivity contribution in [3.05, 3.63) is 16.9 Å². The van der Waals surface area contributed by atoms with Crippen LogP contribution in [0, 0.1) is 11.7 Å². The van der Waals surface area contributed by atoms with Crippen LogP contribution in [0.25, 0.3) is 0 Å². The quantitative estimate of drug-likeness (QED) is 0.791. The first-order valence-electron chi connectivity index (χ1n) is 6.15. The Bertz CT molecular complexity index is 440. The molecule has 0 radical (unpaired) electrons. The summed E-state index contributed by atoms with van der Waals surface area (Å²) in [5.74, 6) is -0.220. The summed E-state index contributed by atoms with van der Waals surface area (Å²) in [5, 5.41) is -0.0876. The molecule has 108 valence electrons. The zero-order chi connectivity index (χ0) is 14.6. The second kappa shape index (κ2) is 6.82. The molecule has 6 heteroatoms. The minimum absolute atomic E-state index is 0.0876. The zero-order valence-corrected chi connectivity index (χ0v) is 12.3. The molecule has 4 nitrogen and oxygen atoms in total. The summed E-state index contributed by atoms with van der Waals surface area (Å²) in [6.45, 7) is 5.77. The van der Waals surface area contributed by atoms with Crippen LogP contribution in [0.4, 0.5) is 21.5 Å². The number of methoxy groups -OCH3 is 1. The van der Waals surface area contributed by atoms with E-state index < -0.39 is 5.82 Å². The summed E-state index contributed by atoms with van der Waals surface area (Å²) in [6.07, 6.45) is 0. The molecule has 0 amide bonds. The molecule has 1 aromatic carbocycles. The average molecular weight is 290 g/mol. The molecular weight excluding hydrogens is 269 g/mol. The van der Waals surface area contributed by atoms with Gasteiger partial charge in [-0.25, -0.2) is 4.39 Å². The Balaban J connectivity index is 3.17. The second-order valence-electron chi connectivity index (χ2n) is 4.86. The van der Waals surface area contributed by atoms with Crippen molar-refractivity contribution in [2.75, 3.05) is 43.2 Å². The van der Waals surface area contributed by atoms with Crippen molar-refractivity contribution in [3.8, 4) is 0 Å². The van der Waals surface area contributed by atoms with Gasteiger partial charge >= 0.3 is 0 Å². The van der Waals surface area contributed by atoms with E-state index in [1.54, 1.807) is 7.11 Å². The molecule has 0 spiro atoms. The van der Waals surface area contributed by atoms with Gasteiger partial charge in [0, 0.05) is 20.2 Å². The van der Waals surface area contributed by atoms with Crippen LogP contribution in [-0.2, 0) is 4.74 Å². The van der Waals surface area contributed by atoms with Gasteiger partial charge in [-0.1, -0.05) is 25.4 Å². The summed E-state index contributed by atoms with van der Waals surface area (Å²) in [4.78, 5) is 1.84. The number of hydrogen-bond donors (Lipinski definition) is 2. The highest BCUT2D eigenvalue weighted by molar-refractivity contribution is 6.33. The largest absolute Gasteiger partial charge is 0.397 e. The lowest BCUT2D eigenvalue weighted by Crippen LogP contribution is -2.32. The molecule has 0 aliphatic carbocycles. The van der Waals surface area contributed by atoms with E-state index in [4.69, 9.17) is 27.8 Å². The van der Waals surface area contributed by atoms with Crippen molar-refractivity contribution in [3.63, 3.8) is 0 Å². The Morgan fingerprint density at radius 2 is 2.00 bits per heavy atom. The van der Waals surface area contributed by atoms with Crippen molar-refractivity contribution >= 4 is 28.7 Å². The van der Waals surface area contributed by atoms with Crippen molar-refractivity contribution in [1.82, 2.24) is 0 Å². The predicted octanol–water partition coefficient (Wildman–Crippen LogP) is 2.75. The number of halogens is 2. The Kier molecular flexibility index (Phi) is 5.69. The molecule has 0 saturated heterocycles. The lowest BCUT2D eigenvalue weighted by Gasteiger charge is -2.28. The fourth-order valence-corrected chi connectivity index (χ4v) is 2.06. The third-order valence-corrected chi connectivity index (χ3v) is 3.09. The van der Waals surface area contributed by atoms with Crippen LogP contribution >= 0.6 is 11.6 Å². The van der Waals surface area contributed by atoms with Crippen LogP contribution in [0.2, 0.25) is 5.02 Å². The first-order valence-corrected chi connectivity index (χ1v) is 6.53. The summed E-state index contributed by atoms with van der Waals surface area (Å²) in [7, 11) is 1.60. The maximum absolute atomic E-state index is 14.3. The van der Waals surface area contributed by atoms with E-state index in [9.17, 15) is 4.39 Å². The number of nitrogens with two attached hydrogens (primary N) is 2. The smallest absolute Gasteiger partial charge is 0.169 e. The third kappa shape index (κ3) is 3.88. The van der Waals surface area contributed by atoms with Crippen LogP contribution < -0.4 is 16.4 Å². The third-order valence-electron chi connectivity index (χ3n) is 2.71. The molecule has 0 aliphatic rings. The maximum Gasteiger partial charge on any atom is 0.169 e. The van der Waals surface area contributed by atoms with Gasteiger partial charge in [0.1, 0.15) is 5.02 Å². The summed E-state index contributed by atoms with van der Waals surface area (Å²) < 4.78 is 19.3. The molecule has 0 unspecified atom stereocenters. The number of hydrogen-bond acceptors (Lipinski definition) is 4. The van der Waals surface area contributed by atoms with E-state index >= 15 is 0 Å². The Morgan fingerprint density at radius 3 is 2.53 bits per heavy atom. The van der Waals surface area contributed by atoms with Crippen molar-refractivity contribution < 1.29 is 9.13 Å². The van der Waals surface area contributed by atoms with E-state index in [1.165, 1.54) is 6.07 Å². The molecule has 0 atom stereocenters.